The van der Waals surface area contributed by atoms with Crippen molar-refractivity contribution in [2.45, 2.75) is 37.9 Å². The number of halogens is 3. The lowest BCUT2D eigenvalue weighted by Crippen LogP contribution is -2.58. The lowest BCUT2D eigenvalue weighted by Gasteiger charge is -2.50. The van der Waals surface area contributed by atoms with Crippen molar-refractivity contribution in [3.63, 3.8) is 0 Å². The van der Waals surface area contributed by atoms with Crippen LogP contribution in [-0.4, -0.2) is 54.8 Å². The van der Waals surface area contributed by atoms with Gasteiger partial charge in [0.15, 0.2) is 5.13 Å². The van der Waals surface area contributed by atoms with Crippen LogP contribution < -0.4 is 4.90 Å². The Hall–Kier alpha value is -0.860. The first-order valence-electron chi connectivity index (χ1n) is 8.05. The molecule has 0 bridgehead atoms. The number of hydrogen-bond acceptors (Lipinski definition) is 5. The van der Waals surface area contributed by atoms with Crippen molar-refractivity contribution in [2.75, 3.05) is 44.3 Å². The fraction of sp³-hybridized carbons (Fsp3) is 0.800. The van der Waals surface area contributed by atoms with Crippen molar-refractivity contribution in [3.8, 4) is 0 Å². The number of ether oxygens (including phenoxy) is 1. The molecule has 2 aliphatic heterocycles. The van der Waals surface area contributed by atoms with Gasteiger partial charge in [-0.15, -0.1) is 0 Å². The zero-order valence-corrected chi connectivity index (χ0v) is 14.0. The normalized spacial score (nSPS) is 23.2. The van der Waals surface area contributed by atoms with Gasteiger partial charge in [0, 0.05) is 31.7 Å². The lowest BCUT2D eigenvalue weighted by atomic mass is 9.83. The Bertz CT molecular complexity index is 520. The van der Waals surface area contributed by atoms with Crippen LogP contribution in [0.15, 0.2) is 6.20 Å². The van der Waals surface area contributed by atoms with E-state index < -0.39 is 11.1 Å². The van der Waals surface area contributed by atoms with E-state index in [1.807, 2.05) is 4.90 Å². The average molecular weight is 349 g/mol. The number of morpholine rings is 1. The molecule has 0 atom stereocenters. The first kappa shape index (κ1) is 17.0. The van der Waals surface area contributed by atoms with Crippen molar-refractivity contribution in [3.05, 3.63) is 11.1 Å². The highest BCUT2D eigenvalue weighted by molar-refractivity contribution is 7.15. The molecule has 2 fully saturated rings. The molecule has 0 spiro atoms. The predicted octanol–water partition coefficient (Wildman–Crippen LogP) is 3.24. The van der Waals surface area contributed by atoms with Gasteiger partial charge in [-0.05, 0) is 19.3 Å². The Morgan fingerprint density at radius 1 is 1.22 bits per heavy atom. The topological polar surface area (TPSA) is 28.6 Å². The molecule has 1 aromatic heterocycles. The second kappa shape index (κ2) is 6.57. The molecule has 0 unspecified atom stereocenters. The quantitative estimate of drug-likeness (QED) is 0.838. The monoisotopic (exact) mass is 349 g/mol. The van der Waals surface area contributed by atoms with Gasteiger partial charge in [0.2, 0.25) is 0 Å². The summed E-state index contributed by atoms with van der Waals surface area (Å²) < 4.78 is 43.6. The van der Waals surface area contributed by atoms with Crippen molar-refractivity contribution >= 4 is 16.5 Å². The summed E-state index contributed by atoms with van der Waals surface area (Å²) in [5.41, 5.74) is 0.157. The van der Waals surface area contributed by atoms with Crippen LogP contribution in [0.5, 0.6) is 0 Å². The Kier molecular flexibility index (Phi) is 4.85. The third-order valence-corrected chi connectivity index (χ3v) is 6.18. The molecule has 23 heavy (non-hydrogen) atoms. The zero-order valence-electron chi connectivity index (χ0n) is 13.2. The van der Waals surface area contributed by atoms with E-state index in [0.29, 0.717) is 5.13 Å². The second-order valence-corrected chi connectivity index (χ2v) is 7.18. The maximum atomic E-state index is 12.7. The van der Waals surface area contributed by atoms with Crippen molar-refractivity contribution < 1.29 is 17.9 Å². The fourth-order valence-electron chi connectivity index (χ4n) is 3.59. The van der Waals surface area contributed by atoms with Gasteiger partial charge in [0.05, 0.1) is 19.4 Å². The van der Waals surface area contributed by atoms with E-state index in [1.54, 1.807) is 0 Å². The van der Waals surface area contributed by atoms with Crippen LogP contribution in [0.2, 0.25) is 0 Å². The van der Waals surface area contributed by atoms with Crippen molar-refractivity contribution in [1.82, 2.24) is 9.88 Å². The van der Waals surface area contributed by atoms with E-state index >= 15 is 0 Å². The molecule has 3 rings (SSSR count). The zero-order chi connectivity index (χ0) is 16.5. The first-order chi connectivity index (χ1) is 10.9. The molecule has 2 saturated heterocycles. The summed E-state index contributed by atoms with van der Waals surface area (Å²) in [6.07, 6.45) is -0.363. The van der Waals surface area contributed by atoms with Gasteiger partial charge in [-0.3, -0.25) is 4.90 Å². The van der Waals surface area contributed by atoms with E-state index in [9.17, 15) is 13.2 Å². The SMILES string of the molecule is CCC1(N2CCOCC2)CCN(c2ncc(C(F)(F)F)s2)CC1. The number of thiazole rings is 1. The number of alkyl halides is 3. The number of hydrogen-bond donors (Lipinski definition) is 0. The van der Waals surface area contributed by atoms with E-state index in [4.69, 9.17) is 4.74 Å². The van der Waals surface area contributed by atoms with Gasteiger partial charge in [-0.25, -0.2) is 4.98 Å². The summed E-state index contributed by atoms with van der Waals surface area (Å²) in [6, 6.07) is 0. The van der Waals surface area contributed by atoms with Crippen LogP contribution in [0.4, 0.5) is 18.3 Å². The van der Waals surface area contributed by atoms with E-state index in [0.717, 1.165) is 76.2 Å². The highest BCUT2D eigenvalue weighted by Crippen LogP contribution is 2.39. The maximum Gasteiger partial charge on any atom is 0.427 e. The summed E-state index contributed by atoms with van der Waals surface area (Å²) in [6.45, 7) is 7.16. The summed E-state index contributed by atoms with van der Waals surface area (Å²) in [7, 11) is 0. The molecule has 1 aromatic rings. The van der Waals surface area contributed by atoms with Crippen LogP contribution in [0.3, 0.4) is 0 Å². The fourth-order valence-corrected chi connectivity index (χ4v) is 4.42. The Morgan fingerprint density at radius 3 is 2.39 bits per heavy atom. The van der Waals surface area contributed by atoms with Gasteiger partial charge in [0.1, 0.15) is 4.88 Å². The first-order valence-corrected chi connectivity index (χ1v) is 8.87. The molecule has 0 radical (unpaired) electrons. The molecular weight excluding hydrogens is 327 g/mol. The minimum Gasteiger partial charge on any atom is -0.379 e. The molecule has 0 aliphatic carbocycles. The molecular formula is C15H22F3N3OS. The van der Waals surface area contributed by atoms with Gasteiger partial charge >= 0.3 is 6.18 Å². The van der Waals surface area contributed by atoms with Gasteiger partial charge in [-0.2, -0.15) is 13.2 Å². The average Bonchev–Trinajstić information content (AvgIpc) is 3.06. The number of aromatic nitrogens is 1. The van der Waals surface area contributed by atoms with E-state index in [1.165, 1.54) is 0 Å². The minimum atomic E-state index is -4.30. The molecule has 0 N–H and O–H groups in total. The smallest absolute Gasteiger partial charge is 0.379 e. The second-order valence-electron chi connectivity index (χ2n) is 6.17. The van der Waals surface area contributed by atoms with Crippen molar-refractivity contribution in [1.29, 1.82) is 0 Å². The summed E-state index contributed by atoms with van der Waals surface area (Å²) in [5.74, 6) is 0. The van der Waals surface area contributed by atoms with Gasteiger partial charge in [0.25, 0.3) is 0 Å². The van der Waals surface area contributed by atoms with Gasteiger partial charge < -0.3 is 9.64 Å². The molecule has 0 amide bonds. The standard InChI is InChI=1S/C15H22F3N3OS/c1-2-14(21-7-9-22-10-8-21)3-5-20(6-4-14)13-19-11-12(23-13)15(16,17)18/h11H,2-10H2,1H3. The van der Waals surface area contributed by atoms with Crippen LogP contribution in [0, 0.1) is 0 Å². The molecule has 0 aromatic carbocycles. The minimum absolute atomic E-state index is 0.157. The maximum absolute atomic E-state index is 12.7. The lowest BCUT2D eigenvalue weighted by molar-refractivity contribution is -0.134. The summed E-state index contributed by atoms with van der Waals surface area (Å²) in [4.78, 5) is 7.87. The van der Waals surface area contributed by atoms with Gasteiger partial charge in [-0.1, -0.05) is 18.3 Å². The largest absolute Gasteiger partial charge is 0.427 e. The number of anilines is 1. The van der Waals surface area contributed by atoms with Crippen molar-refractivity contribution in [2.24, 2.45) is 0 Å². The van der Waals surface area contributed by atoms with E-state index in [-0.39, 0.29) is 5.54 Å². The molecule has 8 heteroatoms. The summed E-state index contributed by atoms with van der Waals surface area (Å²) in [5, 5.41) is 0.490. The number of piperidine rings is 1. The summed E-state index contributed by atoms with van der Waals surface area (Å²) >= 11 is 0.746. The molecule has 0 saturated carbocycles. The molecule has 3 heterocycles. The molecule has 4 nitrogen and oxygen atoms in total. The van der Waals surface area contributed by atoms with Crippen LogP contribution in [0.25, 0.3) is 0 Å². The Balaban J connectivity index is 1.66. The Labute approximate surface area is 138 Å². The predicted molar refractivity (Wildman–Crippen MR) is 84.0 cm³/mol. The van der Waals surface area contributed by atoms with Crippen LogP contribution >= 0.6 is 11.3 Å². The third-order valence-electron chi connectivity index (χ3n) is 5.08. The highest BCUT2D eigenvalue weighted by atomic mass is 32.1. The molecule has 130 valence electrons. The number of rotatable bonds is 3. The highest BCUT2D eigenvalue weighted by Gasteiger charge is 2.40. The van der Waals surface area contributed by atoms with Crippen LogP contribution in [-0.2, 0) is 10.9 Å². The Morgan fingerprint density at radius 2 is 1.87 bits per heavy atom. The number of nitrogens with zero attached hydrogens (tertiary/aromatic N) is 3. The van der Waals surface area contributed by atoms with E-state index in [2.05, 4.69) is 16.8 Å². The molecule has 2 aliphatic rings. The third kappa shape index (κ3) is 3.49. The van der Waals surface area contributed by atoms with Crippen LogP contribution in [0.1, 0.15) is 31.1 Å².